The van der Waals surface area contributed by atoms with Crippen LogP contribution in [0.25, 0.3) is 0 Å². The molecule has 84 valence electrons. The van der Waals surface area contributed by atoms with Gasteiger partial charge in [-0.15, -0.1) is 0 Å². The first-order chi connectivity index (χ1) is 7.51. The minimum Gasteiger partial charge on any atom is -0.502 e. The van der Waals surface area contributed by atoms with Crippen LogP contribution in [0.1, 0.15) is 17.2 Å². The summed E-state index contributed by atoms with van der Waals surface area (Å²) in [5.74, 6) is -0.620. The Morgan fingerprint density at radius 3 is 2.69 bits per heavy atom. The molecule has 1 rings (SSSR count). The van der Waals surface area contributed by atoms with Gasteiger partial charge in [0, 0.05) is 11.6 Å². The number of phenols is 1. The average Bonchev–Trinajstić information content (AvgIpc) is 2.28. The van der Waals surface area contributed by atoms with E-state index in [2.05, 4.69) is 0 Å². The molecular formula is C9H9N3O4. The number of hydrogen-bond donors (Lipinski definition) is 3. The van der Waals surface area contributed by atoms with E-state index in [4.69, 9.17) is 16.1 Å². The second-order valence-corrected chi connectivity index (χ2v) is 3.09. The van der Waals surface area contributed by atoms with Gasteiger partial charge in [-0.2, -0.15) is 5.26 Å². The first-order valence-electron chi connectivity index (χ1n) is 4.29. The van der Waals surface area contributed by atoms with Gasteiger partial charge in [0.25, 0.3) is 0 Å². The normalized spacial score (nSPS) is 11.8. The van der Waals surface area contributed by atoms with Crippen LogP contribution in [-0.4, -0.2) is 21.7 Å². The fraction of sp³-hybridized carbons (Fsp3) is 0.222. The van der Waals surface area contributed by atoms with E-state index in [0.717, 1.165) is 6.07 Å². The SMILES string of the molecule is N#Cc1cc([C@H](N)CO)c(O)c([N+](=O)[O-])c1. The number of nitrogens with two attached hydrogens (primary N) is 1. The number of nitro benzene ring substituents is 1. The highest BCUT2D eigenvalue weighted by molar-refractivity contribution is 5.56. The van der Waals surface area contributed by atoms with Gasteiger partial charge in [-0.1, -0.05) is 0 Å². The fourth-order valence-electron chi connectivity index (χ4n) is 1.23. The summed E-state index contributed by atoms with van der Waals surface area (Å²) in [6, 6.07) is 2.91. The van der Waals surface area contributed by atoms with Crippen molar-refractivity contribution in [3.05, 3.63) is 33.4 Å². The van der Waals surface area contributed by atoms with Gasteiger partial charge in [-0.25, -0.2) is 0 Å². The lowest BCUT2D eigenvalue weighted by molar-refractivity contribution is -0.386. The highest BCUT2D eigenvalue weighted by Crippen LogP contribution is 2.33. The minimum atomic E-state index is -0.966. The molecule has 0 aliphatic heterocycles. The lowest BCUT2D eigenvalue weighted by Gasteiger charge is -2.10. The predicted molar refractivity (Wildman–Crippen MR) is 53.5 cm³/mol. The molecular weight excluding hydrogens is 214 g/mol. The number of rotatable bonds is 3. The number of hydrogen-bond acceptors (Lipinski definition) is 6. The molecule has 0 fully saturated rings. The molecule has 1 atom stereocenters. The molecule has 0 aliphatic carbocycles. The van der Waals surface area contributed by atoms with Gasteiger partial charge in [-0.05, 0) is 6.07 Å². The van der Waals surface area contributed by atoms with Crippen molar-refractivity contribution in [2.24, 2.45) is 5.73 Å². The molecule has 0 radical (unpaired) electrons. The zero-order valence-electron chi connectivity index (χ0n) is 8.12. The van der Waals surface area contributed by atoms with Gasteiger partial charge in [0.1, 0.15) is 0 Å². The maximum Gasteiger partial charge on any atom is 0.312 e. The summed E-state index contributed by atoms with van der Waals surface area (Å²) >= 11 is 0. The average molecular weight is 223 g/mol. The largest absolute Gasteiger partial charge is 0.502 e. The van der Waals surface area contributed by atoms with Crippen LogP contribution in [0.2, 0.25) is 0 Å². The lowest BCUT2D eigenvalue weighted by Crippen LogP contribution is -2.15. The molecule has 1 aromatic rings. The Bertz CT molecular complexity index is 467. The molecule has 0 unspecified atom stereocenters. The van der Waals surface area contributed by atoms with Crippen molar-refractivity contribution >= 4 is 5.69 Å². The first-order valence-corrected chi connectivity index (χ1v) is 4.29. The van der Waals surface area contributed by atoms with E-state index in [1.54, 1.807) is 6.07 Å². The van der Waals surface area contributed by atoms with Crippen molar-refractivity contribution in [2.45, 2.75) is 6.04 Å². The van der Waals surface area contributed by atoms with Gasteiger partial charge < -0.3 is 15.9 Å². The molecule has 16 heavy (non-hydrogen) atoms. The number of aliphatic hydroxyl groups is 1. The smallest absolute Gasteiger partial charge is 0.312 e. The highest BCUT2D eigenvalue weighted by atomic mass is 16.6. The summed E-state index contributed by atoms with van der Waals surface area (Å²) in [7, 11) is 0. The van der Waals surface area contributed by atoms with Gasteiger partial charge in [0.2, 0.25) is 0 Å². The molecule has 1 aromatic carbocycles. The van der Waals surface area contributed by atoms with Crippen LogP contribution in [0.5, 0.6) is 5.75 Å². The van der Waals surface area contributed by atoms with E-state index in [-0.39, 0.29) is 11.1 Å². The predicted octanol–water partition coefficient (Wildman–Crippen LogP) is 0.164. The second kappa shape index (κ2) is 4.57. The van der Waals surface area contributed by atoms with E-state index in [9.17, 15) is 15.2 Å². The molecule has 0 spiro atoms. The van der Waals surface area contributed by atoms with Crippen LogP contribution >= 0.6 is 0 Å². The second-order valence-electron chi connectivity index (χ2n) is 3.09. The summed E-state index contributed by atoms with van der Waals surface area (Å²) in [6.07, 6.45) is 0. The van der Waals surface area contributed by atoms with Crippen molar-refractivity contribution < 1.29 is 15.1 Å². The zero-order chi connectivity index (χ0) is 12.3. The van der Waals surface area contributed by atoms with Crippen LogP contribution in [-0.2, 0) is 0 Å². The van der Waals surface area contributed by atoms with Crippen LogP contribution in [0.4, 0.5) is 5.69 Å². The summed E-state index contributed by atoms with van der Waals surface area (Å²) in [4.78, 5) is 9.77. The van der Waals surface area contributed by atoms with Crippen molar-refractivity contribution in [3.63, 3.8) is 0 Å². The fourth-order valence-corrected chi connectivity index (χ4v) is 1.23. The highest BCUT2D eigenvalue weighted by Gasteiger charge is 2.22. The Morgan fingerprint density at radius 1 is 1.62 bits per heavy atom. The number of benzene rings is 1. The van der Waals surface area contributed by atoms with E-state index in [1.165, 1.54) is 6.07 Å². The minimum absolute atomic E-state index is 0.00315. The molecule has 0 saturated heterocycles. The Labute approximate surface area is 90.5 Å². The Hall–Kier alpha value is -2.17. The molecule has 0 bridgehead atoms. The molecule has 0 heterocycles. The lowest BCUT2D eigenvalue weighted by atomic mass is 10.0. The van der Waals surface area contributed by atoms with Crippen molar-refractivity contribution in [3.8, 4) is 11.8 Å². The summed E-state index contributed by atoms with van der Waals surface area (Å²) in [6.45, 7) is -0.487. The maximum atomic E-state index is 10.6. The van der Waals surface area contributed by atoms with Crippen LogP contribution in [0.15, 0.2) is 12.1 Å². The monoisotopic (exact) mass is 223 g/mol. The molecule has 0 amide bonds. The van der Waals surface area contributed by atoms with Crippen molar-refractivity contribution in [2.75, 3.05) is 6.61 Å². The van der Waals surface area contributed by atoms with Crippen LogP contribution in [0, 0.1) is 21.4 Å². The quantitative estimate of drug-likeness (QED) is 0.493. The number of aromatic hydroxyl groups is 1. The molecule has 0 saturated carbocycles. The Kier molecular flexibility index (Phi) is 3.40. The number of nitro groups is 1. The summed E-state index contributed by atoms with van der Waals surface area (Å²) in [5, 5.41) is 37.6. The zero-order valence-corrected chi connectivity index (χ0v) is 8.12. The summed E-state index contributed by atoms with van der Waals surface area (Å²) < 4.78 is 0. The van der Waals surface area contributed by atoms with Gasteiger partial charge in [0.05, 0.1) is 29.2 Å². The maximum absolute atomic E-state index is 10.6. The Balaban J connectivity index is 3.44. The third-order valence-electron chi connectivity index (χ3n) is 2.04. The number of phenolic OH excluding ortho intramolecular Hbond substituents is 1. The van der Waals surface area contributed by atoms with Crippen molar-refractivity contribution in [1.29, 1.82) is 5.26 Å². The molecule has 4 N–H and O–H groups in total. The van der Waals surface area contributed by atoms with Gasteiger partial charge in [0.15, 0.2) is 5.75 Å². The third-order valence-corrected chi connectivity index (χ3v) is 2.04. The molecule has 0 aromatic heterocycles. The third kappa shape index (κ3) is 2.08. The molecule has 7 nitrogen and oxygen atoms in total. The standard InChI is InChI=1S/C9H9N3O4/c10-3-5-1-6(7(11)4-13)9(14)8(2-5)12(15)16/h1-2,7,13-14H,4,11H2/t7-/m1/s1. The molecule has 7 heteroatoms. The molecule has 0 aliphatic rings. The first kappa shape index (κ1) is 11.9. The number of aliphatic hydroxyl groups excluding tert-OH is 1. The van der Waals surface area contributed by atoms with E-state index in [0.29, 0.717) is 0 Å². The van der Waals surface area contributed by atoms with Crippen molar-refractivity contribution in [1.82, 2.24) is 0 Å². The van der Waals surface area contributed by atoms with Crippen LogP contribution < -0.4 is 5.73 Å². The van der Waals surface area contributed by atoms with Crippen LogP contribution in [0.3, 0.4) is 0 Å². The number of nitrogens with zero attached hydrogens (tertiary/aromatic N) is 2. The van der Waals surface area contributed by atoms with Gasteiger partial charge in [-0.3, -0.25) is 10.1 Å². The number of nitriles is 1. The Morgan fingerprint density at radius 2 is 2.25 bits per heavy atom. The van der Waals surface area contributed by atoms with E-state index < -0.39 is 29.0 Å². The topological polar surface area (TPSA) is 133 Å². The summed E-state index contributed by atoms with van der Waals surface area (Å²) in [5.41, 5.74) is 4.83. The van der Waals surface area contributed by atoms with E-state index in [1.807, 2.05) is 0 Å². The van der Waals surface area contributed by atoms with E-state index >= 15 is 0 Å². The van der Waals surface area contributed by atoms with Gasteiger partial charge >= 0.3 is 5.69 Å².